The van der Waals surface area contributed by atoms with E-state index in [-0.39, 0.29) is 5.91 Å². The molecule has 2 aromatic rings. The monoisotopic (exact) mass is 356 g/mol. The average Bonchev–Trinajstić information content (AvgIpc) is 2.66. The maximum Gasteiger partial charge on any atom is 0.252 e. The molecule has 130 valence electrons. The van der Waals surface area contributed by atoms with Crippen molar-refractivity contribution in [3.8, 4) is 17.6 Å². The van der Waals surface area contributed by atoms with Gasteiger partial charge in [0.2, 0.25) is 0 Å². The molecule has 1 N–H and O–H groups in total. The van der Waals surface area contributed by atoms with Crippen molar-refractivity contribution in [1.29, 1.82) is 5.26 Å². The summed E-state index contributed by atoms with van der Waals surface area (Å²) in [5.74, 6) is 1.53. The zero-order valence-electron chi connectivity index (χ0n) is 14.2. The van der Waals surface area contributed by atoms with Gasteiger partial charge in [-0.1, -0.05) is 18.2 Å². The summed E-state index contributed by atoms with van der Waals surface area (Å²) in [7, 11) is 3.19. The lowest BCUT2D eigenvalue weighted by Crippen LogP contribution is -2.26. The minimum atomic E-state index is -0.137. The van der Waals surface area contributed by atoms with Gasteiger partial charge < -0.3 is 14.8 Å². The second-order valence-electron chi connectivity index (χ2n) is 5.14. The van der Waals surface area contributed by atoms with E-state index in [1.54, 1.807) is 20.3 Å². The summed E-state index contributed by atoms with van der Waals surface area (Å²) in [6, 6.07) is 15.1. The highest BCUT2D eigenvalue weighted by Gasteiger charge is 2.11. The van der Waals surface area contributed by atoms with Crippen LogP contribution >= 0.6 is 11.8 Å². The third-order valence-corrected chi connectivity index (χ3v) is 4.51. The fourth-order valence-electron chi connectivity index (χ4n) is 2.34. The smallest absolute Gasteiger partial charge is 0.252 e. The number of methoxy groups -OCH3 is 2. The molecule has 0 fully saturated rings. The highest BCUT2D eigenvalue weighted by molar-refractivity contribution is 7.99. The average molecular weight is 356 g/mol. The Hall–Kier alpha value is -2.65. The zero-order valence-corrected chi connectivity index (χ0v) is 15.1. The van der Waals surface area contributed by atoms with Gasteiger partial charge in [-0.2, -0.15) is 5.26 Å². The Balaban J connectivity index is 1.96. The number of amides is 1. The molecule has 25 heavy (non-hydrogen) atoms. The van der Waals surface area contributed by atoms with E-state index in [9.17, 15) is 4.79 Å². The summed E-state index contributed by atoms with van der Waals surface area (Å²) in [4.78, 5) is 13.2. The van der Waals surface area contributed by atoms with Crippen LogP contribution in [0.15, 0.2) is 47.4 Å². The molecule has 6 heteroatoms. The Bertz CT molecular complexity index is 772. The zero-order chi connectivity index (χ0) is 18.1. The van der Waals surface area contributed by atoms with Crippen molar-refractivity contribution < 1.29 is 14.3 Å². The summed E-state index contributed by atoms with van der Waals surface area (Å²) < 4.78 is 10.5. The third kappa shape index (κ3) is 5.16. The lowest BCUT2D eigenvalue weighted by molar-refractivity contribution is 0.0951. The molecule has 0 spiro atoms. The van der Waals surface area contributed by atoms with Gasteiger partial charge in [0.05, 0.1) is 31.6 Å². The lowest BCUT2D eigenvalue weighted by Gasteiger charge is -2.11. The van der Waals surface area contributed by atoms with E-state index in [0.29, 0.717) is 35.8 Å². The molecule has 0 bridgehead atoms. The van der Waals surface area contributed by atoms with Crippen LogP contribution in [0.5, 0.6) is 11.5 Å². The number of hydrogen-bond acceptors (Lipinski definition) is 5. The number of nitriles is 1. The van der Waals surface area contributed by atoms with Crippen molar-refractivity contribution in [3.63, 3.8) is 0 Å². The maximum absolute atomic E-state index is 12.4. The first-order chi connectivity index (χ1) is 12.2. The Morgan fingerprint density at radius 1 is 1.16 bits per heavy atom. The normalized spacial score (nSPS) is 9.96. The predicted molar refractivity (Wildman–Crippen MR) is 98.4 cm³/mol. The Labute approximate surface area is 151 Å². The van der Waals surface area contributed by atoms with Crippen LogP contribution in [0.2, 0.25) is 0 Å². The number of nitrogens with one attached hydrogen (secondary N) is 1. The van der Waals surface area contributed by atoms with Crippen LogP contribution in [-0.2, 0) is 6.42 Å². The molecular weight excluding hydrogens is 336 g/mol. The number of nitrogens with zero attached hydrogens (tertiary/aromatic N) is 1. The summed E-state index contributed by atoms with van der Waals surface area (Å²) in [6.07, 6.45) is 0.680. The van der Waals surface area contributed by atoms with E-state index < -0.39 is 0 Å². The molecule has 0 radical (unpaired) electrons. The number of carbonyl (C=O) groups excluding carboxylic acids is 1. The lowest BCUT2D eigenvalue weighted by atomic mass is 10.1. The van der Waals surface area contributed by atoms with Crippen LogP contribution in [0.4, 0.5) is 0 Å². The molecule has 1 amide bonds. The van der Waals surface area contributed by atoms with Crippen LogP contribution in [-0.4, -0.2) is 32.4 Å². The van der Waals surface area contributed by atoms with Gasteiger partial charge in [-0.25, -0.2) is 0 Å². The molecule has 5 nitrogen and oxygen atoms in total. The van der Waals surface area contributed by atoms with Crippen molar-refractivity contribution in [3.05, 3.63) is 53.6 Å². The van der Waals surface area contributed by atoms with E-state index in [0.717, 1.165) is 10.5 Å². The van der Waals surface area contributed by atoms with Crippen LogP contribution in [0.3, 0.4) is 0 Å². The van der Waals surface area contributed by atoms with Gasteiger partial charge in [0, 0.05) is 11.4 Å². The molecule has 0 aliphatic carbocycles. The molecule has 2 rings (SSSR count). The van der Waals surface area contributed by atoms with E-state index in [1.807, 2.05) is 36.4 Å². The predicted octanol–water partition coefficient (Wildman–Crippen LogP) is 3.29. The van der Waals surface area contributed by atoms with Gasteiger partial charge in [0.15, 0.2) is 11.5 Å². The molecule has 0 saturated carbocycles. The molecule has 0 atom stereocenters. The first-order valence-corrected chi connectivity index (χ1v) is 8.76. The topological polar surface area (TPSA) is 71.3 Å². The van der Waals surface area contributed by atoms with Gasteiger partial charge in [0.1, 0.15) is 0 Å². The molecule has 2 aromatic carbocycles. The Morgan fingerprint density at radius 2 is 1.92 bits per heavy atom. The molecule has 0 aliphatic rings. The van der Waals surface area contributed by atoms with E-state index in [4.69, 9.17) is 14.7 Å². The summed E-state index contributed by atoms with van der Waals surface area (Å²) in [5.41, 5.74) is 1.64. The molecule has 0 heterocycles. The Kier molecular flexibility index (Phi) is 7.17. The minimum absolute atomic E-state index is 0.137. The molecular formula is C19H20N2O3S. The molecule has 0 aromatic heterocycles. The number of rotatable bonds is 8. The standard InChI is InChI=1S/C19H20N2O3S/c1-23-16-8-7-14(13-17(16)24-2)9-11-21-19(22)15-5-3-4-6-18(15)25-12-10-20/h3-8,13H,9,11-12H2,1-2H3,(H,21,22). The van der Waals surface area contributed by atoms with Gasteiger partial charge in [-0.15, -0.1) is 11.8 Å². The van der Waals surface area contributed by atoms with E-state index >= 15 is 0 Å². The molecule has 0 saturated heterocycles. The van der Waals surface area contributed by atoms with Gasteiger partial charge in [0.25, 0.3) is 5.91 Å². The second-order valence-corrected chi connectivity index (χ2v) is 6.16. The van der Waals surface area contributed by atoms with Gasteiger partial charge in [-0.05, 0) is 36.2 Å². The van der Waals surface area contributed by atoms with Crippen molar-refractivity contribution in [1.82, 2.24) is 5.32 Å². The van der Waals surface area contributed by atoms with Crippen LogP contribution < -0.4 is 14.8 Å². The minimum Gasteiger partial charge on any atom is -0.493 e. The van der Waals surface area contributed by atoms with Crippen LogP contribution in [0.1, 0.15) is 15.9 Å². The molecule has 0 unspecified atom stereocenters. The van der Waals surface area contributed by atoms with E-state index in [1.165, 1.54) is 11.8 Å². The van der Waals surface area contributed by atoms with Crippen LogP contribution in [0.25, 0.3) is 0 Å². The summed E-state index contributed by atoms with van der Waals surface area (Å²) in [6.45, 7) is 0.506. The summed E-state index contributed by atoms with van der Waals surface area (Å²) >= 11 is 1.36. The van der Waals surface area contributed by atoms with Crippen molar-refractivity contribution in [2.24, 2.45) is 0 Å². The quantitative estimate of drug-likeness (QED) is 0.735. The number of benzene rings is 2. The number of thioether (sulfide) groups is 1. The number of ether oxygens (including phenoxy) is 2. The van der Waals surface area contributed by atoms with Gasteiger partial charge >= 0.3 is 0 Å². The SMILES string of the molecule is COc1ccc(CCNC(=O)c2ccccc2SCC#N)cc1OC. The number of hydrogen-bond donors (Lipinski definition) is 1. The molecule has 0 aliphatic heterocycles. The van der Waals surface area contributed by atoms with Crippen molar-refractivity contribution >= 4 is 17.7 Å². The van der Waals surface area contributed by atoms with Gasteiger partial charge in [-0.3, -0.25) is 4.79 Å². The fraction of sp³-hybridized carbons (Fsp3) is 0.263. The third-order valence-electron chi connectivity index (χ3n) is 3.57. The van der Waals surface area contributed by atoms with E-state index in [2.05, 4.69) is 11.4 Å². The van der Waals surface area contributed by atoms with Crippen LogP contribution in [0, 0.1) is 11.3 Å². The second kappa shape index (κ2) is 9.60. The Morgan fingerprint density at radius 3 is 2.64 bits per heavy atom. The van der Waals surface area contributed by atoms with Crippen molar-refractivity contribution in [2.75, 3.05) is 26.5 Å². The first kappa shape index (κ1) is 18.7. The highest BCUT2D eigenvalue weighted by atomic mass is 32.2. The largest absolute Gasteiger partial charge is 0.493 e. The summed E-state index contributed by atoms with van der Waals surface area (Å²) in [5, 5.41) is 11.6. The fourth-order valence-corrected chi connectivity index (χ4v) is 3.05. The highest BCUT2D eigenvalue weighted by Crippen LogP contribution is 2.27. The number of carbonyl (C=O) groups is 1. The maximum atomic E-state index is 12.4. The first-order valence-electron chi connectivity index (χ1n) is 7.77. The van der Waals surface area contributed by atoms with Crippen molar-refractivity contribution in [2.45, 2.75) is 11.3 Å².